The number of rotatable bonds is 5. The van der Waals surface area contributed by atoms with Gasteiger partial charge < -0.3 is 11.1 Å². The maximum Gasteiger partial charge on any atom is 0.241 e. The number of anilines is 1. The monoisotopic (exact) mass is 264 g/mol. The summed E-state index contributed by atoms with van der Waals surface area (Å²) in [6.45, 7) is 3.32. The van der Waals surface area contributed by atoms with Gasteiger partial charge in [-0.25, -0.2) is 0 Å². The van der Waals surface area contributed by atoms with Crippen molar-refractivity contribution in [1.29, 1.82) is 0 Å². The molecule has 1 aromatic heterocycles. The molecule has 5 nitrogen and oxygen atoms in total. The average Bonchev–Trinajstić information content (AvgIpc) is 2.82. The van der Waals surface area contributed by atoms with Crippen molar-refractivity contribution in [2.24, 2.45) is 11.8 Å². The molecule has 3 N–H and O–H groups in total. The predicted molar refractivity (Wildman–Crippen MR) is 75.4 cm³/mol. The van der Waals surface area contributed by atoms with Crippen LogP contribution < -0.4 is 11.1 Å². The van der Waals surface area contributed by atoms with Gasteiger partial charge in [0.1, 0.15) is 6.54 Å². The molecule has 0 radical (unpaired) electrons. The van der Waals surface area contributed by atoms with Gasteiger partial charge in [0, 0.05) is 12.7 Å². The zero-order chi connectivity index (χ0) is 13.7. The van der Waals surface area contributed by atoms with E-state index in [1.807, 2.05) is 0 Å². The summed E-state index contributed by atoms with van der Waals surface area (Å²) < 4.78 is 1.57. The molecule has 2 rings (SSSR count). The highest BCUT2D eigenvalue weighted by Crippen LogP contribution is 2.29. The Morgan fingerprint density at radius 1 is 1.42 bits per heavy atom. The number of nitrogens with one attached hydrogen (secondary N) is 1. The Kier molecular flexibility index (Phi) is 4.82. The summed E-state index contributed by atoms with van der Waals surface area (Å²) in [4.78, 5) is 11.8. The highest BCUT2D eigenvalue weighted by Gasteiger charge is 2.20. The number of carbonyl (C=O) groups excluding carboxylic acids is 1. The Morgan fingerprint density at radius 2 is 2.11 bits per heavy atom. The van der Waals surface area contributed by atoms with Crippen LogP contribution in [0.3, 0.4) is 0 Å². The number of nitrogen functional groups attached to an aromatic ring is 1. The molecule has 1 aliphatic rings. The van der Waals surface area contributed by atoms with Crippen molar-refractivity contribution in [3.63, 3.8) is 0 Å². The molecule has 0 unspecified atom stereocenters. The van der Waals surface area contributed by atoms with Gasteiger partial charge in [-0.1, -0.05) is 26.2 Å². The topological polar surface area (TPSA) is 72.9 Å². The number of hydrogen-bond acceptors (Lipinski definition) is 3. The summed E-state index contributed by atoms with van der Waals surface area (Å²) in [5, 5.41) is 7.00. The van der Waals surface area contributed by atoms with Crippen molar-refractivity contribution in [2.75, 3.05) is 12.3 Å². The summed E-state index contributed by atoms with van der Waals surface area (Å²) in [5.74, 6) is 1.56. The molecule has 1 fully saturated rings. The molecular weight excluding hydrogens is 240 g/mol. The molecule has 1 heterocycles. The SMILES string of the molecule is CCC1CCC(CNC(=O)Cn2cc(N)cn2)CC1. The second-order valence-electron chi connectivity index (χ2n) is 5.57. The van der Waals surface area contributed by atoms with Gasteiger partial charge in [0.15, 0.2) is 0 Å². The van der Waals surface area contributed by atoms with E-state index in [1.165, 1.54) is 32.1 Å². The van der Waals surface area contributed by atoms with Crippen LogP contribution in [0.2, 0.25) is 0 Å². The van der Waals surface area contributed by atoms with E-state index < -0.39 is 0 Å². The third-order valence-corrected chi connectivity index (χ3v) is 4.09. The number of aromatic nitrogens is 2. The molecule has 0 aromatic carbocycles. The molecule has 106 valence electrons. The quantitative estimate of drug-likeness (QED) is 0.851. The lowest BCUT2D eigenvalue weighted by atomic mass is 9.81. The van der Waals surface area contributed by atoms with Crippen molar-refractivity contribution < 1.29 is 4.79 Å². The second kappa shape index (κ2) is 6.59. The lowest BCUT2D eigenvalue weighted by Gasteiger charge is -2.27. The first-order valence-corrected chi connectivity index (χ1v) is 7.22. The molecule has 0 atom stereocenters. The van der Waals surface area contributed by atoms with Crippen molar-refractivity contribution in [3.05, 3.63) is 12.4 Å². The molecule has 1 amide bonds. The maximum atomic E-state index is 11.8. The van der Waals surface area contributed by atoms with Crippen LogP contribution in [-0.4, -0.2) is 22.2 Å². The molecule has 1 aromatic rings. The largest absolute Gasteiger partial charge is 0.396 e. The molecule has 0 saturated heterocycles. The highest BCUT2D eigenvalue weighted by atomic mass is 16.2. The summed E-state index contributed by atoms with van der Waals surface area (Å²) in [6.07, 6.45) is 9.63. The third-order valence-electron chi connectivity index (χ3n) is 4.09. The van der Waals surface area contributed by atoms with Crippen LogP contribution in [0, 0.1) is 11.8 Å². The molecule has 5 heteroatoms. The molecule has 0 bridgehead atoms. The molecule has 1 aliphatic carbocycles. The Bertz CT molecular complexity index is 407. The van der Waals surface area contributed by atoms with Crippen LogP contribution >= 0.6 is 0 Å². The van der Waals surface area contributed by atoms with Crippen LogP contribution in [-0.2, 0) is 11.3 Å². The number of nitrogens with zero attached hydrogens (tertiary/aromatic N) is 2. The van der Waals surface area contributed by atoms with E-state index in [-0.39, 0.29) is 12.5 Å². The van der Waals surface area contributed by atoms with Crippen LogP contribution in [0.1, 0.15) is 39.0 Å². The summed E-state index contributed by atoms with van der Waals surface area (Å²) in [6, 6.07) is 0. The average molecular weight is 264 g/mol. The Morgan fingerprint density at radius 3 is 2.68 bits per heavy atom. The van der Waals surface area contributed by atoms with Gasteiger partial charge in [0.2, 0.25) is 5.91 Å². The van der Waals surface area contributed by atoms with Crippen molar-refractivity contribution in [2.45, 2.75) is 45.6 Å². The standard InChI is InChI=1S/C14H24N4O/c1-2-11-3-5-12(6-4-11)7-16-14(19)10-18-9-13(15)8-17-18/h8-9,11-12H,2-7,10,15H2,1H3,(H,16,19). The van der Waals surface area contributed by atoms with Crippen molar-refractivity contribution >= 4 is 11.6 Å². The zero-order valence-electron chi connectivity index (χ0n) is 11.6. The van der Waals surface area contributed by atoms with Gasteiger partial charge >= 0.3 is 0 Å². The predicted octanol–water partition coefficient (Wildman–Crippen LogP) is 1.80. The number of hydrogen-bond donors (Lipinski definition) is 2. The molecule has 0 spiro atoms. The van der Waals surface area contributed by atoms with Crippen LogP contribution in [0.5, 0.6) is 0 Å². The van der Waals surface area contributed by atoms with E-state index in [0.717, 1.165) is 12.5 Å². The molecular formula is C14H24N4O. The minimum Gasteiger partial charge on any atom is -0.396 e. The highest BCUT2D eigenvalue weighted by molar-refractivity contribution is 5.75. The van der Waals surface area contributed by atoms with E-state index in [1.54, 1.807) is 17.1 Å². The van der Waals surface area contributed by atoms with Crippen LogP contribution in [0.4, 0.5) is 5.69 Å². The first-order valence-electron chi connectivity index (χ1n) is 7.22. The summed E-state index contributed by atoms with van der Waals surface area (Å²) in [7, 11) is 0. The maximum absolute atomic E-state index is 11.8. The fourth-order valence-corrected chi connectivity index (χ4v) is 2.77. The summed E-state index contributed by atoms with van der Waals surface area (Å²) in [5.41, 5.74) is 6.14. The van der Waals surface area contributed by atoms with Crippen molar-refractivity contribution in [1.82, 2.24) is 15.1 Å². The first-order chi connectivity index (χ1) is 9.17. The third kappa shape index (κ3) is 4.26. The second-order valence-corrected chi connectivity index (χ2v) is 5.57. The zero-order valence-corrected chi connectivity index (χ0v) is 11.6. The Hall–Kier alpha value is -1.52. The number of carbonyl (C=O) groups is 1. The Balaban J connectivity index is 1.67. The van der Waals surface area contributed by atoms with E-state index >= 15 is 0 Å². The van der Waals surface area contributed by atoms with Crippen LogP contribution in [0.15, 0.2) is 12.4 Å². The van der Waals surface area contributed by atoms with Gasteiger partial charge in [-0.15, -0.1) is 0 Å². The Labute approximate surface area is 114 Å². The van der Waals surface area contributed by atoms with E-state index in [0.29, 0.717) is 11.6 Å². The number of nitrogens with two attached hydrogens (primary N) is 1. The fourth-order valence-electron chi connectivity index (χ4n) is 2.77. The lowest BCUT2D eigenvalue weighted by molar-refractivity contribution is -0.122. The smallest absolute Gasteiger partial charge is 0.241 e. The molecule has 19 heavy (non-hydrogen) atoms. The van der Waals surface area contributed by atoms with Crippen molar-refractivity contribution in [3.8, 4) is 0 Å². The van der Waals surface area contributed by atoms with E-state index in [4.69, 9.17) is 5.73 Å². The fraction of sp³-hybridized carbons (Fsp3) is 0.714. The minimum absolute atomic E-state index is 0.0146. The van der Waals surface area contributed by atoms with Gasteiger partial charge in [-0.2, -0.15) is 5.10 Å². The minimum atomic E-state index is 0.0146. The first kappa shape index (κ1) is 13.9. The number of amides is 1. The summed E-state index contributed by atoms with van der Waals surface area (Å²) >= 11 is 0. The van der Waals surface area contributed by atoms with Gasteiger partial charge in [-0.3, -0.25) is 9.48 Å². The van der Waals surface area contributed by atoms with E-state index in [2.05, 4.69) is 17.3 Å². The lowest BCUT2D eigenvalue weighted by Crippen LogP contribution is -2.33. The van der Waals surface area contributed by atoms with Gasteiger partial charge in [0.05, 0.1) is 11.9 Å². The molecule has 1 saturated carbocycles. The van der Waals surface area contributed by atoms with Crippen LogP contribution in [0.25, 0.3) is 0 Å². The van der Waals surface area contributed by atoms with E-state index in [9.17, 15) is 4.79 Å². The van der Waals surface area contributed by atoms with Gasteiger partial charge in [0.25, 0.3) is 0 Å². The molecule has 0 aliphatic heterocycles. The normalized spacial score (nSPS) is 23.2. The van der Waals surface area contributed by atoms with Gasteiger partial charge in [-0.05, 0) is 24.7 Å².